The van der Waals surface area contributed by atoms with E-state index in [1.807, 2.05) is 54.6 Å². The molecule has 0 fully saturated rings. The lowest BCUT2D eigenvalue weighted by atomic mass is 9.95. The molecular weight excluding hydrogens is 382 g/mol. The zero-order valence-corrected chi connectivity index (χ0v) is 17.9. The van der Waals surface area contributed by atoms with Crippen LogP contribution in [0.1, 0.15) is 29.5 Å². The molecule has 0 radical (unpaired) electrons. The molecule has 0 amide bonds. The summed E-state index contributed by atoms with van der Waals surface area (Å²) < 4.78 is 0. The van der Waals surface area contributed by atoms with Crippen molar-refractivity contribution in [1.82, 2.24) is 4.90 Å². The number of rotatable bonds is 12. The highest BCUT2D eigenvalue weighted by Crippen LogP contribution is 2.21. The van der Waals surface area contributed by atoms with Crippen molar-refractivity contribution in [2.24, 2.45) is 0 Å². The Kier molecular flexibility index (Phi) is 8.77. The summed E-state index contributed by atoms with van der Waals surface area (Å²) in [5.41, 5.74) is 3.57. The second-order valence-electron chi connectivity index (χ2n) is 7.91. The third-order valence-corrected chi connectivity index (χ3v) is 5.57. The summed E-state index contributed by atoms with van der Waals surface area (Å²) in [5, 5.41) is 11.2. The number of benzene rings is 3. The van der Waals surface area contributed by atoms with Crippen molar-refractivity contribution in [1.29, 1.82) is 0 Å². The number of hydrogen-bond donors (Lipinski definition) is 1. The zero-order valence-electron chi connectivity index (χ0n) is 17.9. The van der Waals surface area contributed by atoms with Crippen molar-refractivity contribution in [3.05, 3.63) is 120 Å². The first kappa shape index (κ1) is 22.7. The lowest BCUT2D eigenvalue weighted by Crippen LogP contribution is -2.44. The molecule has 3 nitrogen and oxygen atoms in total. The van der Waals surface area contributed by atoms with Crippen LogP contribution in [0.25, 0.3) is 0 Å². The van der Waals surface area contributed by atoms with E-state index in [0.717, 1.165) is 13.1 Å². The fraction of sp³-hybridized carbons (Fsp3) is 0.250. The molecule has 0 aliphatic rings. The van der Waals surface area contributed by atoms with Gasteiger partial charge in [-0.1, -0.05) is 97.6 Å². The zero-order chi connectivity index (χ0) is 21.9. The van der Waals surface area contributed by atoms with E-state index in [1.54, 1.807) is 0 Å². The Morgan fingerprint density at radius 1 is 0.806 bits per heavy atom. The fourth-order valence-corrected chi connectivity index (χ4v) is 3.87. The molecule has 0 bridgehead atoms. The molecule has 0 spiro atoms. The minimum Gasteiger partial charge on any atom is -0.391 e. The molecule has 0 aromatic heterocycles. The number of carbonyl (C=O) groups excluding carboxylic acids is 1. The molecule has 0 aliphatic carbocycles. The standard InChI is InChI=1S/C28H31NO2/c1-2-26(30)18-19-28(31)27(20-23-12-6-3-7-13-23)29(21-24-14-8-4-9-15-24)22-25-16-10-5-11-17-25/h2-17,27-28,31H,1,18-22H2/t27-,28-/m0/s1. The topological polar surface area (TPSA) is 40.5 Å². The molecule has 0 unspecified atom stereocenters. The Bertz CT molecular complexity index is 884. The molecule has 0 saturated heterocycles. The van der Waals surface area contributed by atoms with Crippen LogP contribution in [-0.2, 0) is 24.3 Å². The molecule has 2 atom stereocenters. The van der Waals surface area contributed by atoms with Crippen molar-refractivity contribution in [2.45, 2.75) is 44.5 Å². The summed E-state index contributed by atoms with van der Waals surface area (Å²) in [6.45, 7) is 5.00. The number of hydrogen-bond acceptors (Lipinski definition) is 3. The Morgan fingerprint density at radius 3 is 1.71 bits per heavy atom. The first-order valence-electron chi connectivity index (χ1n) is 10.8. The van der Waals surface area contributed by atoms with Gasteiger partial charge in [-0.2, -0.15) is 0 Å². The average Bonchev–Trinajstić information content (AvgIpc) is 2.82. The van der Waals surface area contributed by atoms with Gasteiger partial charge in [0.05, 0.1) is 6.10 Å². The third-order valence-electron chi connectivity index (χ3n) is 5.57. The first-order valence-corrected chi connectivity index (χ1v) is 10.8. The van der Waals surface area contributed by atoms with Crippen LogP contribution in [0.2, 0.25) is 0 Å². The maximum atomic E-state index is 11.8. The van der Waals surface area contributed by atoms with Gasteiger partial charge in [0.1, 0.15) is 0 Å². The van der Waals surface area contributed by atoms with Crippen LogP contribution in [0, 0.1) is 0 Å². The predicted molar refractivity (Wildman–Crippen MR) is 127 cm³/mol. The molecule has 0 aliphatic heterocycles. The van der Waals surface area contributed by atoms with Crippen LogP contribution >= 0.6 is 0 Å². The lowest BCUT2D eigenvalue weighted by molar-refractivity contribution is -0.115. The monoisotopic (exact) mass is 413 g/mol. The lowest BCUT2D eigenvalue weighted by Gasteiger charge is -2.35. The molecule has 3 aromatic rings. The number of ketones is 1. The number of carbonyl (C=O) groups is 1. The highest BCUT2D eigenvalue weighted by Gasteiger charge is 2.27. The Hall–Kier alpha value is -3.01. The van der Waals surface area contributed by atoms with Gasteiger partial charge in [0.2, 0.25) is 0 Å². The molecular formula is C28H31NO2. The van der Waals surface area contributed by atoms with Gasteiger partial charge >= 0.3 is 0 Å². The maximum absolute atomic E-state index is 11.8. The predicted octanol–water partition coefficient (Wildman–Crippen LogP) is 5.20. The maximum Gasteiger partial charge on any atom is 0.155 e. The van der Waals surface area contributed by atoms with Crippen LogP contribution < -0.4 is 0 Å². The summed E-state index contributed by atoms with van der Waals surface area (Å²) >= 11 is 0. The van der Waals surface area contributed by atoms with Crippen LogP contribution in [0.15, 0.2) is 104 Å². The first-order chi connectivity index (χ1) is 15.2. The second kappa shape index (κ2) is 12.0. The normalized spacial score (nSPS) is 13.0. The average molecular weight is 414 g/mol. The van der Waals surface area contributed by atoms with Gasteiger partial charge in [0.15, 0.2) is 5.78 Å². The summed E-state index contributed by atoms with van der Waals surface area (Å²) in [6, 6.07) is 30.8. The van der Waals surface area contributed by atoms with E-state index >= 15 is 0 Å². The van der Waals surface area contributed by atoms with Gasteiger partial charge in [0.25, 0.3) is 0 Å². The summed E-state index contributed by atoms with van der Waals surface area (Å²) in [4.78, 5) is 14.1. The van der Waals surface area contributed by atoms with Gasteiger partial charge in [0, 0.05) is 25.6 Å². The molecule has 3 heteroatoms. The van der Waals surface area contributed by atoms with E-state index < -0.39 is 6.10 Å². The quantitative estimate of drug-likeness (QED) is 0.415. The van der Waals surface area contributed by atoms with Gasteiger partial charge in [-0.25, -0.2) is 0 Å². The smallest absolute Gasteiger partial charge is 0.155 e. The minimum absolute atomic E-state index is 0.0322. The van der Waals surface area contributed by atoms with E-state index in [9.17, 15) is 9.90 Å². The van der Waals surface area contributed by atoms with Gasteiger partial charge in [-0.05, 0) is 35.6 Å². The van der Waals surface area contributed by atoms with Crippen molar-refractivity contribution in [2.75, 3.05) is 0 Å². The second-order valence-corrected chi connectivity index (χ2v) is 7.91. The Balaban J connectivity index is 1.89. The van der Waals surface area contributed by atoms with E-state index in [-0.39, 0.29) is 11.8 Å². The summed E-state index contributed by atoms with van der Waals surface area (Å²) in [5.74, 6) is -0.0322. The summed E-state index contributed by atoms with van der Waals surface area (Å²) in [7, 11) is 0. The Labute approximate surface area is 185 Å². The summed E-state index contributed by atoms with van der Waals surface area (Å²) in [6.07, 6.45) is 2.15. The molecule has 160 valence electrons. The van der Waals surface area contributed by atoms with Crippen molar-refractivity contribution < 1.29 is 9.90 Å². The molecule has 3 aromatic carbocycles. The van der Waals surface area contributed by atoms with E-state index in [4.69, 9.17) is 0 Å². The number of allylic oxidation sites excluding steroid dienone is 1. The van der Waals surface area contributed by atoms with E-state index in [1.165, 1.54) is 22.8 Å². The molecule has 0 heterocycles. The largest absolute Gasteiger partial charge is 0.391 e. The molecule has 0 saturated carbocycles. The van der Waals surface area contributed by atoms with Gasteiger partial charge in [-0.15, -0.1) is 0 Å². The SMILES string of the molecule is C=CC(=O)CC[C@H](O)[C@H](Cc1ccccc1)N(Cc1ccccc1)Cc1ccccc1. The number of aliphatic hydroxyl groups is 1. The highest BCUT2D eigenvalue weighted by molar-refractivity contribution is 5.88. The van der Waals surface area contributed by atoms with Gasteiger partial charge in [-0.3, -0.25) is 9.69 Å². The van der Waals surface area contributed by atoms with Crippen molar-refractivity contribution in [3.63, 3.8) is 0 Å². The van der Waals surface area contributed by atoms with E-state index in [0.29, 0.717) is 19.3 Å². The minimum atomic E-state index is -0.628. The number of nitrogens with zero attached hydrogens (tertiary/aromatic N) is 1. The van der Waals surface area contributed by atoms with E-state index in [2.05, 4.69) is 47.9 Å². The molecule has 1 N–H and O–H groups in total. The van der Waals surface area contributed by atoms with Gasteiger partial charge < -0.3 is 5.11 Å². The highest BCUT2D eigenvalue weighted by atomic mass is 16.3. The van der Waals surface area contributed by atoms with Crippen LogP contribution in [0.5, 0.6) is 0 Å². The van der Waals surface area contributed by atoms with Crippen LogP contribution in [0.3, 0.4) is 0 Å². The van der Waals surface area contributed by atoms with Crippen molar-refractivity contribution in [3.8, 4) is 0 Å². The van der Waals surface area contributed by atoms with Crippen molar-refractivity contribution >= 4 is 5.78 Å². The van der Waals surface area contributed by atoms with Crippen LogP contribution in [0.4, 0.5) is 0 Å². The van der Waals surface area contributed by atoms with Crippen LogP contribution in [-0.4, -0.2) is 27.9 Å². The fourth-order valence-electron chi connectivity index (χ4n) is 3.87. The molecule has 31 heavy (non-hydrogen) atoms. The molecule has 3 rings (SSSR count). The number of aliphatic hydroxyl groups excluding tert-OH is 1. The third kappa shape index (κ3) is 7.32. The Morgan fingerprint density at radius 2 is 1.26 bits per heavy atom.